The molecule has 0 aliphatic heterocycles. The predicted octanol–water partition coefficient (Wildman–Crippen LogP) is 8.95. The summed E-state index contributed by atoms with van der Waals surface area (Å²) < 4.78 is 5.46. The summed E-state index contributed by atoms with van der Waals surface area (Å²) in [5.74, 6) is -0.302. The first-order valence-corrected chi connectivity index (χ1v) is 12.1. The van der Waals surface area contributed by atoms with Crippen LogP contribution in [0.3, 0.4) is 0 Å². The van der Waals surface area contributed by atoms with Gasteiger partial charge in [0.15, 0.2) is 0 Å². The monoisotopic (exact) mass is 442 g/mol. The summed E-state index contributed by atoms with van der Waals surface area (Å²) in [6, 6.07) is 5.55. The Balaban J connectivity index is 2.27. The molecular weight excluding hydrogens is 404 g/mol. The van der Waals surface area contributed by atoms with Gasteiger partial charge in [-0.2, -0.15) is 0 Å². The van der Waals surface area contributed by atoms with Crippen LogP contribution >= 0.6 is 11.6 Å². The summed E-state index contributed by atoms with van der Waals surface area (Å²) in [6.45, 7) is 15.6. The van der Waals surface area contributed by atoms with E-state index in [0.29, 0.717) is 17.2 Å². The number of hydrogen-bond donors (Lipinski definition) is 0. The molecule has 1 aromatic carbocycles. The predicted molar refractivity (Wildman–Crippen MR) is 134 cm³/mol. The molecule has 1 aliphatic carbocycles. The van der Waals surface area contributed by atoms with Crippen molar-refractivity contribution in [3.8, 4) is 0 Å². The first kappa shape index (κ1) is 25.5. The third kappa shape index (κ3) is 6.59. The zero-order chi connectivity index (χ0) is 23.0. The van der Waals surface area contributed by atoms with Crippen LogP contribution in [0.1, 0.15) is 102 Å². The van der Waals surface area contributed by atoms with E-state index in [0.717, 1.165) is 42.4 Å². The number of allylic oxidation sites excluding steroid dienone is 5. The van der Waals surface area contributed by atoms with Gasteiger partial charge in [0.1, 0.15) is 0 Å². The van der Waals surface area contributed by atoms with Crippen molar-refractivity contribution in [2.45, 2.75) is 86.0 Å². The molecule has 3 heteroatoms. The van der Waals surface area contributed by atoms with Crippen molar-refractivity contribution in [1.29, 1.82) is 0 Å². The molecule has 0 amide bonds. The molecule has 0 atom stereocenters. The van der Waals surface area contributed by atoms with E-state index >= 15 is 0 Å². The average molecular weight is 443 g/mol. The molecule has 0 radical (unpaired) electrons. The van der Waals surface area contributed by atoms with Crippen LogP contribution < -0.4 is 0 Å². The molecule has 170 valence electrons. The van der Waals surface area contributed by atoms with E-state index in [-0.39, 0.29) is 11.4 Å². The van der Waals surface area contributed by atoms with Crippen LogP contribution in [0.4, 0.5) is 0 Å². The van der Waals surface area contributed by atoms with E-state index in [9.17, 15) is 4.79 Å². The summed E-state index contributed by atoms with van der Waals surface area (Å²) in [7, 11) is 0. The minimum atomic E-state index is -0.302. The van der Waals surface area contributed by atoms with Crippen LogP contribution in [-0.2, 0) is 4.74 Å². The molecule has 0 bridgehead atoms. The molecule has 0 N–H and O–H groups in total. The van der Waals surface area contributed by atoms with Gasteiger partial charge in [0.25, 0.3) is 0 Å². The number of carbonyl (C=O) groups is 1. The van der Waals surface area contributed by atoms with Gasteiger partial charge in [0, 0.05) is 10.6 Å². The Morgan fingerprint density at radius 3 is 2.55 bits per heavy atom. The summed E-state index contributed by atoms with van der Waals surface area (Å²) >= 11 is 6.75. The highest BCUT2D eigenvalue weighted by molar-refractivity contribution is 6.33. The Morgan fingerprint density at radius 1 is 1.23 bits per heavy atom. The van der Waals surface area contributed by atoms with E-state index in [1.807, 2.05) is 18.2 Å². The number of hydrogen-bond acceptors (Lipinski definition) is 2. The van der Waals surface area contributed by atoms with Crippen LogP contribution in [-0.4, -0.2) is 12.6 Å². The number of benzene rings is 1. The number of esters is 1. The Bertz CT molecular complexity index is 858. The summed E-state index contributed by atoms with van der Waals surface area (Å²) in [5, 5.41) is 0.579. The fraction of sp³-hybridized carbons (Fsp3) is 0.536. The fourth-order valence-electron chi connectivity index (χ4n) is 4.62. The Kier molecular flexibility index (Phi) is 9.62. The van der Waals surface area contributed by atoms with Gasteiger partial charge < -0.3 is 4.74 Å². The Hall–Kier alpha value is -1.80. The van der Waals surface area contributed by atoms with Gasteiger partial charge in [0.2, 0.25) is 0 Å². The molecule has 2 nitrogen and oxygen atoms in total. The van der Waals surface area contributed by atoms with Crippen molar-refractivity contribution in [2.75, 3.05) is 6.61 Å². The first-order valence-electron chi connectivity index (χ1n) is 11.7. The van der Waals surface area contributed by atoms with Crippen molar-refractivity contribution in [3.05, 3.63) is 63.7 Å². The number of carbonyl (C=O) groups excluding carboxylic acids is 1. The minimum absolute atomic E-state index is 0.0701. The molecule has 0 spiro atoms. The lowest BCUT2D eigenvalue weighted by Gasteiger charge is -2.37. The first-order chi connectivity index (χ1) is 14.7. The van der Waals surface area contributed by atoms with Crippen LogP contribution in [0.5, 0.6) is 0 Å². The van der Waals surface area contributed by atoms with Gasteiger partial charge in [-0.3, -0.25) is 0 Å². The molecule has 1 aromatic rings. The molecule has 1 aliphatic rings. The fourth-order valence-corrected chi connectivity index (χ4v) is 4.89. The topological polar surface area (TPSA) is 26.3 Å². The molecule has 0 fully saturated rings. The molecule has 0 saturated heterocycles. The third-order valence-corrected chi connectivity index (χ3v) is 6.68. The molecule has 0 heterocycles. The van der Waals surface area contributed by atoms with Crippen molar-refractivity contribution in [2.24, 2.45) is 5.41 Å². The van der Waals surface area contributed by atoms with Gasteiger partial charge in [-0.1, -0.05) is 82.3 Å². The zero-order valence-electron chi connectivity index (χ0n) is 20.1. The van der Waals surface area contributed by atoms with Gasteiger partial charge in [-0.05, 0) is 73.8 Å². The summed E-state index contributed by atoms with van der Waals surface area (Å²) in [5.41, 5.74) is 6.56. The van der Waals surface area contributed by atoms with Crippen molar-refractivity contribution >= 4 is 23.1 Å². The van der Waals surface area contributed by atoms with Crippen LogP contribution in [0.15, 0.2) is 47.6 Å². The highest BCUT2D eigenvalue weighted by Gasteiger charge is 2.32. The number of rotatable bonds is 10. The van der Waals surface area contributed by atoms with E-state index in [4.69, 9.17) is 16.3 Å². The molecule has 0 saturated carbocycles. The van der Waals surface area contributed by atoms with E-state index in [2.05, 4.69) is 41.2 Å². The maximum absolute atomic E-state index is 12.5. The van der Waals surface area contributed by atoms with Crippen LogP contribution in [0, 0.1) is 5.41 Å². The highest BCUT2D eigenvalue weighted by atomic mass is 35.5. The highest BCUT2D eigenvalue weighted by Crippen LogP contribution is 2.49. The van der Waals surface area contributed by atoms with Crippen molar-refractivity contribution in [3.63, 3.8) is 0 Å². The Morgan fingerprint density at radius 2 is 1.94 bits per heavy atom. The van der Waals surface area contributed by atoms with Gasteiger partial charge in [-0.25, -0.2) is 4.79 Å². The van der Waals surface area contributed by atoms with E-state index in [1.54, 1.807) is 6.07 Å². The average Bonchev–Trinajstić information content (AvgIpc) is 2.72. The van der Waals surface area contributed by atoms with Gasteiger partial charge >= 0.3 is 5.97 Å². The van der Waals surface area contributed by atoms with Crippen LogP contribution in [0.25, 0.3) is 5.57 Å². The van der Waals surface area contributed by atoms with Crippen molar-refractivity contribution < 1.29 is 9.53 Å². The minimum Gasteiger partial charge on any atom is -0.462 e. The second-order valence-corrected chi connectivity index (χ2v) is 9.81. The number of unbranched alkanes of at least 4 members (excludes halogenated alkanes) is 4. The maximum atomic E-state index is 12.5. The smallest absolute Gasteiger partial charge is 0.338 e. The molecular formula is C28H39ClO2. The van der Waals surface area contributed by atoms with Gasteiger partial charge in [0.05, 0.1) is 12.2 Å². The SMILES string of the molecule is C=C/C(C)=C(\C1=C(C)CCCC1(C)C)c1ccc(C(=O)OCCCCCCC)cc1Cl. The number of halogens is 1. The standard InChI is InChI=1S/C28H39ClO2/c1-7-9-10-11-12-18-31-27(30)22-15-16-23(24(29)19-22)25(20(3)8-2)26-21(4)14-13-17-28(26,5)6/h8,15-16,19H,2,7,9-14,17-18H2,1,3-6H3/b25-20-. The number of ether oxygens (including phenoxy) is 1. The largest absolute Gasteiger partial charge is 0.462 e. The zero-order valence-corrected chi connectivity index (χ0v) is 20.8. The second-order valence-electron chi connectivity index (χ2n) is 9.40. The maximum Gasteiger partial charge on any atom is 0.338 e. The third-order valence-electron chi connectivity index (χ3n) is 6.36. The quantitative estimate of drug-likeness (QED) is 0.205. The lowest BCUT2D eigenvalue weighted by molar-refractivity contribution is 0.0497. The summed E-state index contributed by atoms with van der Waals surface area (Å²) in [6.07, 6.45) is 11.0. The Labute approximate surface area is 194 Å². The molecule has 2 rings (SSSR count). The van der Waals surface area contributed by atoms with Gasteiger partial charge in [-0.15, -0.1) is 0 Å². The van der Waals surface area contributed by atoms with E-state index in [1.165, 1.54) is 36.8 Å². The summed E-state index contributed by atoms with van der Waals surface area (Å²) in [4.78, 5) is 12.5. The van der Waals surface area contributed by atoms with E-state index < -0.39 is 0 Å². The molecule has 31 heavy (non-hydrogen) atoms. The lowest BCUT2D eigenvalue weighted by atomic mass is 9.68. The molecule has 0 aromatic heterocycles. The van der Waals surface area contributed by atoms with Crippen LogP contribution in [0.2, 0.25) is 5.02 Å². The van der Waals surface area contributed by atoms with Crippen molar-refractivity contribution in [1.82, 2.24) is 0 Å². The molecule has 0 unspecified atom stereocenters. The second kappa shape index (κ2) is 11.7. The lowest BCUT2D eigenvalue weighted by Crippen LogP contribution is -2.22. The normalized spacial score (nSPS) is 16.7.